The molecule has 36 heavy (non-hydrogen) atoms. The molecule has 0 amide bonds. The van der Waals surface area contributed by atoms with E-state index in [-0.39, 0.29) is 50.6 Å². The number of nitrogens with one attached hydrogen (secondary N) is 3. The summed E-state index contributed by atoms with van der Waals surface area (Å²) in [6, 6.07) is 0. The standard InChI is InChI=1S/3C10H16N.Mg.2H2O/c3*11-10-4-7-1-8(5-10)3-9(2-7)6-10;;;/h3*7-9,11H,1-6H2;;2*1H2/q3*-1;+2;;/p-2. The summed E-state index contributed by atoms with van der Waals surface area (Å²) in [7, 11) is 0. The van der Waals surface area contributed by atoms with Crippen molar-refractivity contribution in [3.05, 3.63) is 17.2 Å². The number of rotatable bonds is 0. The zero-order valence-electron chi connectivity index (χ0n) is 22.5. The summed E-state index contributed by atoms with van der Waals surface area (Å²) >= 11 is 0. The van der Waals surface area contributed by atoms with E-state index >= 15 is 0 Å². The normalized spacial score (nSPS) is 55.2. The molecule has 0 aromatic rings. The Labute approximate surface area is 236 Å². The molecule has 202 valence electrons. The minimum atomic E-state index is 0. The van der Waals surface area contributed by atoms with E-state index in [0.29, 0.717) is 0 Å². The van der Waals surface area contributed by atoms with E-state index in [0.717, 1.165) is 53.3 Å². The summed E-state index contributed by atoms with van der Waals surface area (Å²) in [6.45, 7) is 0. The van der Waals surface area contributed by atoms with Crippen LogP contribution in [0.5, 0.6) is 0 Å². The minimum absolute atomic E-state index is 0. The van der Waals surface area contributed by atoms with Crippen LogP contribution >= 0.6 is 0 Å². The molecule has 0 radical (unpaired) electrons. The second-order valence-corrected chi connectivity index (χ2v) is 15.6. The van der Waals surface area contributed by atoms with Gasteiger partial charge in [-0.2, -0.15) is 0 Å². The second-order valence-electron chi connectivity index (χ2n) is 15.6. The van der Waals surface area contributed by atoms with Crippen molar-refractivity contribution in [2.24, 2.45) is 53.3 Å². The Morgan fingerprint density at radius 3 is 0.500 bits per heavy atom. The third-order valence-electron chi connectivity index (χ3n) is 12.1. The molecule has 12 aliphatic rings. The molecule has 5 nitrogen and oxygen atoms in total. The molecule has 0 aromatic carbocycles. The third-order valence-corrected chi connectivity index (χ3v) is 12.1. The van der Waals surface area contributed by atoms with Gasteiger partial charge < -0.3 is 28.2 Å². The SMILES string of the molecule is [Mg+2].[NH-]C12CC3CC(CC(C3)C1)C2.[NH-]C12CC3CC(CC(C3)C1)C2.[NH-]C12CC3CC(CC(C3)C1)C2.[OH-].[OH-]. The van der Waals surface area contributed by atoms with Crippen LogP contribution in [0.3, 0.4) is 0 Å². The molecule has 0 atom stereocenters. The quantitative estimate of drug-likeness (QED) is 0.304. The van der Waals surface area contributed by atoms with E-state index in [1.54, 1.807) is 0 Å². The van der Waals surface area contributed by atoms with Crippen molar-refractivity contribution in [3.8, 4) is 0 Å². The average Bonchev–Trinajstić information content (AvgIpc) is 2.63. The monoisotopic (exact) mass is 508 g/mol. The van der Waals surface area contributed by atoms with Gasteiger partial charge in [-0.1, -0.05) is 57.8 Å². The van der Waals surface area contributed by atoms with Gasteiger partial charge in [-0.3, -0.25) is 0 Å². The van der Waals surface area contributed by atoms with Crippen LogP contribution in [-0.4, -0.2) is 50.6 Å². The van der Waals surface area contributed by atoms with Crippen LogP contribution in [0.25, 0.3) is 17.2 Å². The molecule has 12 saturated carbocycles. The minimum Gasteiger partial charge on any atom is -0.870 e. The summed E-state index contributed by atoms with van der Waals surface area (Å²) in [6.07, 6.45) is 24.3. The molecule has 12 rings (SSSR count). The Morgan fingerprint density at radius 1 is 0.306 bits per heavy atom. The molecule has 0 aliphatic heterocycles. The van der Waals surface area contributed by atoms with Crippen molar-refractivity contribution < 1.29 is 11.0 Å². The van der Waals surface area contributed by atoms with Gasteiger partial charge in [0.2, 0.25) is 0 Å². The molecule has 0 spiro atoms. The van der Waals surface area contributed by atoms with Gasteiger partial charge in [0, 0.05) is 0 Å². The van der Waals surface area contributed by atoms with E-state index in [9.17, 15) is 0 Å². The van der Waals surface area contributed by atoms with Crippen LogP contribution < -0.4 is 0 Å². The Kier molecular flexibility index (Phi) is 8.63. The van der Waals surface area contributed by atoms with Gasteiger partial charge in [-0.05, 0) is 111 Å². The third kappa shape index (κ3) is 5.85. The molecule has 0 saturated heterocycles. The van der Waals surface area contributed by atoms with Gasteiger partial charge in [0.15, 0.2) is 0 Å². The fourth-order valence-electron chi connectivity index (χ4n) is 12.3. The second kappa shape index (κ2) is 10.5. The van der Waals surface area contributed by atoms with Gasteiger partial charge in [-0.25, -0.2) is 0 Å². The molecule has 6 heteroatoms. The maximum Gasteiger partial charge on any atom is 2.00 e. The maximum absolute atomic E-state index is 8.21. The molecule has 12 bridgehead atoms. The smallest absolute Gasteiger partial charge is 0.870 e. The summed E-state index contributed by atoms with van der Waals surface area (Å²) in [5.41, 5.74) is 24.8. The molecule has 5 N–H and O–H groups in total. The van der Waals surface area contributed by atoms with E-state index in [2.05, 4.69) is 0 Å². The molecule has 0 aromatic heterocycles. The Bertz CT molecular complexity index is 568. The van der Waals surface area contributed by atoms with Crippen LogP contribution in [0.2, 0.25) is 0 Å². The first kappa shape index (κ1) is 29.5. The van der Waals surface area contributed by atoms with Crippen molar-refractivity contribution in [1.82, 2.24) is 0 Å². The molecule has 0 heterocycles. The van der Waals surface area contributed by atoms with Crippen LogP contribution in [0.4, 0.5) is 0 Å². The van der Waals surface area contributed by atoms with Crippen molar-refractivity contribution in [1.29, 1.82) is 0 Å². The summed E-state index contributed by atoms with van der Waals surface area (Å²) in [5.74, 6) is 8.61. The van der Waals surface area contributed by atoms with E-state index < -0.39 is 0 Å². The largest absolute Gasteiger partial charge is 2.00 e. The van der Waals surface area contributed by atoms with Gasteiger partial charge in [-0.15, -0.1) is 16.6 Å². The Morgan fingerprint density at radius 2 is 0.417 bits per heavy atom. The van der Waals surface area contributed by atoms with Gasteiger partial charge in [0.1, 0.15) is 0 Å². The van der Waals surface area contributed by atoms with E-state index in [1.165, 1.54) is 116 Å². The van der Waals surface area contributed by atoms with E-state index in [1.807, 2.05) is 0 Å². The topological polar surface area (TPSA) is 131 Å². The number of hydrogen-bond donors (Lipinski definition) is 0. The first-order chi connectivity index (χ1) is 15.7. The van der Waals surface area contributed by atoms with Gasteiger partial charge in [0.25, 0.3) is 0 Å². The van der Waals surface area contributed by atoms with Gasteiger partial charge in [0.05, 0.1) is 0 Å². The summed E-state index contributed by atoms with van der Waals surface area (Å²) < 4.78 is 0. The Hall–Kier alpha value is 0.566. The van der Waals surface area contributed by atoms with Crippen LogP contribution in [0, 0.1) is 53.3 Å². The predicted molar refractivity (Wildman–Crippen MR) is 145 cm³/mol. The van der Waals surface area contributed by atoms with Crippen molar-refractivity contribution >= 4 is 23.1 Å². The molecule has 12 aliphatic carbocycles. The van der Waals surface area contributed by atoms with Crippen LogP contribution in [0.15, 0.2) is 0 Å². The predicted octanol–water partition coefficient (Wildman–Crippen LogP) is 8.29. The zero-order valence-corrected chi connectivity index (χ0v) is 23.9. The molecular formula is C30H50MgN3O2-3. The number of hydrogen-bond acceptors (Lipinski definition) is 2. The fourth-order valence-corrected chi connectivity index (χ4v) is 12.3. The first-order valence-electron chi connectivity index (χ1n) is 15.0. The Balaban J connectivity index is 0.000000122. The van der Waals surface area contributed by atoms with Gasteiger partial charge >= 0.3 is 23.1 Å². The summed E-state index contributed by atoms with van der Waals surface area (Å²) in [4.78, 5) is 0. The molecule has 0 unspecified atom stereocenters. The summed E-state index contributed by atoms with van der Waals surface area (Å²) in [5, 5.41) is 0. The first-order valence-corrected chi connectivity index (χ1v) is 15.0. The van der Waals surface area contributed by atoms with Crippen molar-refractivity contribution in [2.45, 2.75) is 132 Å². The molecule has 12 fully saturated rings. The van der Waals surface area contributed by atoms with Crippen molar-refractivity contribution in [3.63, 3.8) is 0 Å². The average molecular weight is 509 g/mol. The zero-order chi connectivity index (χ0) is 22.4. The maximum atomic E-state index is 8.21. The van der Waals surface area contributed by atoms with Crippen LogP contribution in [0.1, 0.15) is 116 Å². The van der Waals surface area contributed by atoms with E-state index in [4.69, 9.17) is 17.2 Å². The fraction of sp³-hybridized carbons (Fsp3) is 1.00. The van der Waals surface area contributed by atoms with Crippen molar-refractivity contribution in [2.75, 3.05) is 0 Å². The van der Waals surface area contributed by atoms with Crippen LogP contribution in [-0.2, 0) is 0 Å². The molecular weight excluding hydrogens is 459 g/mol.